The Hall–Kier alpha value is -1.59. The Labute approximate surface area is 116 Å². The Morgan fingerprint density at radius 1 is 1.26 bits per heavy atom. The lowest BCUT2D eigenvalue weighted by Gasteiger charge is -2.10. The van der Waals surface area contributed by atoms with Crippen LogP contribution in [0.5, 0.6) is 0 Å². The summed E-state index contributed by atoms with van der Waals surface area (Å²) in [5, 5.41) is -0.236. The van der Waals surface area contributed by atoms with Crippen molar-refractivity contribution in [2.45, 2.75) is 6.92 Å². The zero-order chi connectivity index (χ0) is 13.8. The van der Waals surface area contributed by atoms with E-state index in [1.54, 1.807) is 13.2 Å². The maximum absolute atomic E-state index is 12.1. The smallest absolute Gasteiger partial charge is 0.293 e. The maximum Gasteiger partial charge on any atom is 0.293 e. The van der Waals surface area contributed by atoms with Crippen molar-refractivity contribution in [2.24, 2.45) is 0 Å². The molecule has 1 aromatic rings. The van der Waals surface area contributed by atoms with Crippen LogP contribution in [0.15, 0.2) is 29.2 Å². The van der Waals surface area contributed by atoms with E-state index in [4.69, 9.17) is 4.74 Å². The summed E-state index contributed by atoms with van der Waals surface area (Å²) in [6.07, 6.45) is 1.75. The minimum atomic E-state index is -0.243. The van der Waals surface area contributed by atoms with E-state index >= 15 is 0 Å². The second-order valence-corrected chi connectivity index (χ2v) is 5.23. The van der Waals surface area contributed by atoms with Crippen LogP contribution < -0.4 is 0 Å². The number of carbonyl (C=O) groups is 2. The molecule has 0 bridgehead atoms. The summed E-state index contributed by atoms with van der Waals surface area (Å²) in [4.78, 5) is 25.4. The van der Waals surface area contributed by atoms with E-state index in [-0.39, 0.29) is 11.1 Å². The lowest BCUT2D eigenvalue weighted by atomic mass is 10.1. The molecule has 1 aliphatic rings. The minimum Gasteiger partial charge on any atom is -0.383 e. The van der Waals surface area contributed by atoms with Crippen LogP contribution >= 0.6 is 11.8 Å². The summed E-state index contributed by atoms with van der Waals surface area (Å²) in [6.45, 7) is 2.66. The molecular formula is C14H15NO3S. The Morgan fingerprint density at radius 3 is 2.58 bits per heavy atom. The van der Waals surface area contributed by atoms with Crippen molar-refractivity contribution in [3.63, 3.8) is 0 Å². The lowest BCUT2D eigenvalue weighted by molar-refractivity contribution is -0.123. The molecule has 1 fully saturated rings. The van der Waals surface area contributed by atoms with Gasteiger partial charge in [-0.15, -0.1) is 0 Å². The summed E-state index contributed by atoms with van der Waals surface area (Å²) in [7, 11) is 1.54. The number of hydrogen-bond donors (Lipinski definition) is 0. The SMILES string of the molecule is COCCN1C(=O)S/C(=C/c2ccc(C)cc2)C1=O. The first kappa shape index (κ1) is 13.8. The highest BCUT2D eigenvalue weighted by atomic mass is 32.2. The molecule has 1 heterocycles. The van der Waals surface area contributed by atoms with Crippen LogP contribution in [-0.2, 0) is 9.53 Å². The largest absolute Gasteiger partial charge is 0.383 e. The molecule has 0 unspecified atom stereocenters. The average molecular weight is 277 g/mol. The third kappa shape index (κ3) is 3.24. The third-order valence-corrected chi connectivity index (χ3v) is 3.68. The van der Waals surface area contributed by atoms with Gasteiger partial charge in [0.15, 0.2) is 0 Å². The molecule has 4 nitrogen and oxygen atoms in total. The second-order valence-electron chi connectivity index (χ2n) is 4.24. The van der Waals surface area contributed by atoms with Crippen molar-refractivity contribution < 1.29 is 14.3 Å². The van der Waals surface area contributed by atoms with Gasteiger partial charge in [0, 0.05) is 7.11 Å². The molecule has 0 radical (unpaired) electrons. The summed E-state index contributed by atoms with van der Waals surface area (Å²) in [5.74, 6) is -0.243. The summed E-state index contributed by atoms with van der Waals surface area (Å²) in [5.41, 5.74) is 2.08. The van der Waals surface area contributed by atoms with Gasteiger partial charge in [0.1, 0.15) is 0 Å². The van der Waals surface area contributed by atoms with Crippen molar-refractivity contribution >= 4 is 29.0 Å². The highest BCUT2D eigenvalue weighted by Gasteiger charge is 2.34. The standard InChI is InChI=1S/C14H15NO3S/c1-10-3-5-11(6-4-10)9-12-13(16)15(7-8-18-2)14(17)19-12/h3-6,9H,7-8H2,1-2H3/b12-9+. The summed E-state index contributed by atoms with van der Waals surface area (Å²) in [6, 6.07) is 7.80. The van der Waals surface area contributed by atoms with Gasteiger partial charge in [-0.25, -0.2) is 0 Å². The number of ether oxygens (including phenoxy) is 1. The zero-order valence-electron chi connectivity index (χ0n) is 10.9. The summed E-state index contributed by atoms with van der Waals surface area (Å²) >= 11 is 0.974. The number of benzene rings is 1. The van der Waals surface area contributed by atoms with Gasteiger partial charge in [-0.05, 0) is 30.3 Å². The first-order valence-corrected chi connectivity index (χ1v) is 6.74. The molecule has 2 amide bonds. The molecule has 0 saturated carbocycles. The molecule has 1 saturated heterocycles. The number of methoxy groups -OCH3 is 1. The molecule has 1 aromatic carbocycles. The van der Waals surface area contributed by atoms with Crippen molar-refractivity contribution in [1.82, 2.24) is 4.90 Å². The lowest BCUT2D eigenvalue weighted by Crippen LogP contribution is -2.31. The normalized spacial score (nSPS) is 17.6. The van der Waals surface area contributed by atoms with Gasteiger partial charge < -0.3 is 4.74 Å². The highest BCUT2D eigenvalue weighted by molar-refractivity contribution is 8.18. The number of aryl methyl sites for hydroxylation is 1. The Balaban J connectivity index is 2.16. The molecule has 0 aromatic heterocycles. The van der Waals surface area contributed by atoms with Gasteiger partial charge in [0.25, 0.3) is 11.1 Å². The number of hydrogen-bond acceptors (Lipinski definition) is 4. The van der Waals surface area contributed by atoms with E-state index in [1.807, 2.05) is 31.2 Å². The van der Waals surface area contributed by atoms with Gasteiger partial charge in [0.2, 0.25) is 0 Å². The molecular weight excluding hydrogens is 262 g/mol. The van der Waals surface area contributed by atoms with Gasteiger partial charge in [0.05, 0.1) is 18.1 Å². The van der Waals surface area contributed by atoms with Crippen LogP contribution in [0, 0.1) is 6.92 Å². The number of carbonyl (C=O) groups excluding carboxylic acids is 2. The number of rotatable bonds is 4. The third-order valence-electron chi connectivity index (χ3n) is 2.77. The van der Waals surface area contributed by atoms with Gasteiger partial charge in [-0.2, -0.15) is 0 Å². The van der Waals surface area contributed by atoms with Crippen molar-refractivity contribution in [1.29, 1.82) is 0 Å². The Bertz CT molecular complexity index is 522. The number of nitrogens with zero attached hydrogens (tertiary/aromatic N) is 1. The topological polar surface area (TPSA) is 46.6 Å². The Kier molecular flexibility index (Phi) is 4.39. The van der Waals surface area contributed by atoms with Gasteiger partial charge in [-0.1, -0.05) is 29.8 Å². The molecule has 100 valence electrons. The molecule has 0 aliphatic carbocycles. The average Bonchev–Trinajstić information content (AvgIpc) is 2.65. The summed E-state index contributed by atoms with van der Waals surface area (Å²) < 4.78 is 4.89. The predicted molar refractivity (Wildman–Crippen MR) is 75.7 cm³/mol. The van der Waals surface area contributed by atoms with E-state index in [0.717, 1.165) is 22.9 Å². The maximum atomic E-state index is 12.1. The van der Waals surface area contributed by atoms with Crippen LogP contribution in [0.1, 0.15) is 11.1 Å². The molecule has 0 atom stereocenters. The van der Waals surface area contributed by atoms with Crippen molar-refractivity contribution in [3.05, 3.63) is 40.3 Å². The highest BCUT2D eigenvalue weighted by Crippen LogP contribution is 2.31. The number of thioether (sulfide) groups is 1. The van der Waals surface area contributed by atoms with Crippen molar-refractivity contribution in [3.8, 4) is 0 Å². The van der Waals surface area contributed by atoms with Crippen LogP contribution in [0.3, 0.4) is 0 Å². The first-order chi connectivity index (χ1) is 9.11. The number of imide groups is 1. The molecule has 1 aliphatic heterocycles. The van der Waals surface area contributed by atoms with E-state index in [9.17, 15) is 9.59 Å². The fourth-order valence-corrected chi connectivity index (χ4v) is 2.55. The van der Waals surface area contributed by atoms with E-state index < -0.39 is 0 Å². The second kappa shape index (κ2) is 6.04. The fraction of sp³-hybridized carbons (Fsp3) is 0.286. The molecule has 5 heteroatoms. The molecule has 2 rings (SSSR count). The first-order valence-electron chi connectivity index (χ1n) is 5.93. The monoisotopic (exact) mass is 277 g/mol. The van der Waals surface area contributed by atoms with E-state index in [1.165, 1.54) is 4.90 Å². The van der Waals surface area contributed by atoms with E-state index in [2.05, 4.69) is 0 Å². The van der Waals surface area contributed by atoms with Crippen LogP contribution in [0.2, 0.25) is 0 Å². The van der Waals surface area contributed by atoms with Crippen LogP contribution in [0.4, 0.5) is 4.79 Å². The minimum absolute atomic E-state index is 0.236. The molecule has 0 N–H and O–H groups in total. The molecule has 0 spiro atoms. The van der Waals surface area contributed by atoms with Crippen LogP contribution in [0.25, 0.3) is 6.08 Å². The van der Waals surface area contributed by atoms with E-state index in [0.29, 0.717) is 18.1 Å². The van der Waals surface area contributed by atoms with Gasteiger partial charge in [-0.3, -0.25) is 14.5 Å². The molecule has 19 heavy (non-hydrogen) atoms. The van der Waals surface area contributed by atoms with Crippen LogP contribution in [-0.4, -0.2) is 36.3 Å². The quantitative estimate of drug-likeness (QED) is 0.794. The van der Waals surface area contributed by atoms with Crippen molar-refractivity contribution in [2.75, 3.05) is 20.3 Å². The van der Waals surface area contributed by atoms with Gasteiger partial charge >= 0.3 is 0 Å². The number of amides is 2. The zero-order valence-corrected chi connectivity index (χ0v) is 11.7. The predicted octanol–water partition coefficient (Wildman–Crippen LogP) is 2.68. The fourth-order valence-electron chi connectivity index (χ4n) is 1.69. The Morgan fingerprint density at radius 2 is 1.95 bits per heavy atom.